The highest BCUT2D eigenvalue weighted by Gasteiger charge is 2.33. The molecule has 1 saturated carbocycles. The Kier molecular flexibility index (Phi) is 4.60. The molecule has 0 aromatic heterocycles. The number of hydrogen-bond acceptors (Lipinski definition) is 2. The van der Waals surface area contributed by atoms with Crippen molar-refractivity contribution >= 4 is 11.9 Å². The zero-order valence-electron chi connectivity index (χ0n) is 13.1. The van der Waals surface area contributed by atoms with E-state index < -0.39 is 5.97 Å². The van der Waals surface area contributed by atoms with E-state index in [1.165, 1.54) is 12.1 Å². The molecule has 0 bridgehead atoms. The van der Waals surface area contributed by atoms with Crippen LogP contribution in [0.5, 0.6) is 0 Å². The van der Waals surface area contributed by atoms with Crippen molar-refractivity contribution in [1.82, 2.24) is 4.90 Å². The number of benzene rings is 2. The monoisotopic (exact) mass is 327 g/mol. The maximum absolute atomic E-state index is 13.9. The Morgan fingerprint density at radius 1 is 1.04 bits per heavy atom. The van der Waals surface area contributed by atoms with Crippen LogP contribution in [0.1, 0.15) is 34.3 Å². The Bertz CT molecular complexity index is 771. The van der Waals surface area contributed by atoms with Crippen molar-refractivity contribution in [3.05, 3.63) is 71.0 Å². The number of halogens is 1. The molecule has 0 saturated heterocycles. The summed E-state index contributed by atoms with van der Waals surface area (Å²) in [5, 5.41) is 9.24. The zero-order chi connectivity index (χ0) is 17.1. The molecule has 4 nitrogen and oxygen atoms in total. The predicted octanol–water partition coefficient (Wildman–Crippen LogP) is 3.26. The number of amides is 1. The fourth-order valence-electron chi connectivity index (χ4n) is 2.76. The lowest BCUT2D eigenvalue weighted by atomic mass is 10.0. The molecule has 0 spiro atoms. The first-order valence-electron chi connectivity index (χ1n) is 7.90. The molecule has 1 fully saturated rings. The van der Waals surface area contributed by atoms with Crippen molar-refractivity contribution in [2.75, 3.05) is 0 Å². The number of carbonyl (C=O) groups excluding carboxylic acids is 1. The van der Waals surface area contributed by atoms with Gasteiger partial charge in [-0.1, -0.05) is 36.4 Å². The van der Waals surface area contributed by atoms with Crippen LogP contribution in [0.2, 0.25) is 0 Å². The lowest BCUT2D eigenvalue weighted by Gasteiger charge is -2.23. The Balaban J connectivity index is 1.79. The Hall–Kier alpha value is -2.69. The van der Waals surface area contributed by atoms with Crippen LogP contribution in [-0.4, -0.2) is 27.9 Å². The summed E-state index contributed by atoms with van der Waals surface area (Å²) in [4.78, 5) is 25.6. The Labute approximate surface area is 139 Å². The summed E-state index contributed by atoms with van der Waals surface area (Å²) in [6, 6.07) is 13.0. The van der Waals surface area contributed by atoms with E-state index in [0.717, 1.165) is 12.8 Å². The molecule has 124 valence electrons. The van der Waals surface area contributed by atoms with E-state index in [1.54, 1.807) is 41.3 Å². The van der Waals surface area contributed by atoms with Gasteiger partial charge in [0.1, 0.15) is 5.82 Å². The van der Waals surface area contributed by atoms with Gasteiger partial charge in [-0.05, 0) is 30.5 Å². The molecule has 5 heteroatoms. The smallest absolute Gasteiger partial charge is 0.335 e. The maximum atomic E-state index is 13.9. The van der Waals surface area contributed by atoms with Crippen molar-refractivity contribution in [2.45, 2.75) is 31.8 Å². The SMILES string of the molecule is O=C(O)c1ccccc1CC(=O)N(Cc1ccccc1F)C1CC1. The second-order valence-electron chi connectivity index (χ2n) is 5.98. The summed E-state index contributed by atoms with van der Waals surface area (Å²) < 4.78 is 13.9. The van der Waals surface area contributed by atoms with E-state index in [9.17, 15) is 19.1 Å². The number of carboxylic acids is 1. The molecule has 24 heavy (non-hydrogen) atoms. The minimum atomic E-state index is -1.05. The van der Waals surface area contributed by atoms with Gasteiger partial charge in [0.2, 0.25) is 5.91 Å². The van der Waals surface area contributed by atoms with E-state index >= 15 is 0 Å². The van der Waals surface area contributed by atoms with Crippen LogP contribution in [0.25, 0.3) is 0 Å². The van der Waals surface area contributed by atoms with Gasteiger partial charge in [-0.2, -0.15) is 0 Å². The summed E-state index contributed by atoms with van der Waals surface area (Å²) in [6.07, 6.45) is 1.81. The van der Waals surface area contributed by atoms with Crippen molar-refractivity contribution in [2.24, 2.45) is 0 Å². The number of carbonyl (C=O) groups is 2. The van der Waals surface area contributed by atoms with Crippen LogP contribution in [0.15, 0.2) is 48.5 Å². The summed E-state index contributed by atoms with van der Waals surface area (Å²) in [6.45, 7) is 0.214. The zero-order valence-corrected chi connectivity index (χ0v) is 13.1. The van der Waals surface area contributed by atoms with Gasteiger partial charge in [-0.25, -0.2) is 9.18 Å². The normalized spacial score (nSPS) is 13.5. The minimum absolute atomic E-state index is 0.00737. The van der Waals surface area contributed by atoms with Gasteiger partial charge >= 0.3 is 5.97 Å². The quantitative estimate of drug-likeness (QED) is 0.886. The van der Waals surface area contributed by atoms with Crippen molar-refractivity contribution in [3.8, 4) is 0 Å². The van der Waals surface area contributed by atoms with Crippen molar-refractivity contribution < 1.29 is 19.1 Å². The number of aromatic carboxylic acids is 1. The van der Waals surface area contributed by atoms with E-state index in [4.69, 9.17) is 0 Å². The molecular weight excluding hydrogens is 309 g/mol. The predicted molar refractivity (Wildman–Crippen MR) is 87.1 cm³/mol. The van der Waals surface area contributed by atoms with Gasteiger partial charge in [0.05, 0.1) is 12.0 Å². The summed E-state index contributed by atoms with van der Waals surface area (Å²) in [5.74, 6) is -1.55. The second-order valence-corrected chi connectivity index (χ2v) is 5.98. The highest BCUT2D eigenvalue weighted by Crippen LogP contribution is 2.29. The van der Waals surface area contributed by atoms with E-state index in [2.05, 4.69) is 0 Å². The first-order valence-corrected chi connectivity index (χ1v) is 7.90. The molecule has 0 aliphatic heterocycles. The van der Waals surface area contributed by atoms with Gasteiger partial charge in [-0.3, -0.25) is 4.79 Å². The number of hydrogen-bond donors (Lipinski definition) is 1. The third-order valence-corrected chi connectivity index (χ3v) is 4.20. The molecule has 1 amide bonds. The van der Waals surface area contributed by atoms with Gasteiger partial charge in [0.15, 0.2) is 0 Å². The molecule has 2 aromatic rings. The fraction of sp³-hybridized carbons (Fsp3) is 0.263. The number of carboxylic acid groups (broad SMARTS) is 1. The largest absolute Gasteiger partial charge is 0.478 e. The molecule has 0 atom stereocenters. The average molecular weight is 327 g/mol. The first-order chi connectivity index (χ1) is 11.6. The third-order valence-electron chi connectivity index (χ3n) is 4.20. The van der Waals surface area contributed by atoms with Gasteiger partial charge in [-0.15, -0.1) is 0 Å². The van der Waals surface area contributed by atoms with Gasteiger partial charge in [0.25, 0.3) is 0 Å². The molecule has 0 radical (unpaired) electrons. The molecule has 0 heterocycles. The van der Waals surface area contributed by atoms with Crippen LogP contribution >= 0.6 is 0 Å². The highest BCUT2D eigenvalue weighted by molar-refractivity contribution is 5.91. The van der Waals surface area contributed by atoms with E-state index in [-0.39, 0.29) is 36.3 Å². The molecule has 1 aliphatic carbocycles. The van der Waals surface area contributed by atoms with Crippen LogP contribution in [0, 0.1) is 5.82 Å². The molecule has 1 aliphatic rings. The van der Waals surface area contributed by atoms with Crippen molar-refractivity contribution in [3.63, 3.8) is 0 Å². The molecule has 3 rings (SSSR count). The number of nitrogens with zero attached hydrogens (tertiary/aromatic N) is 1. The van der Waals surface area contributed by atoms with Crippen LogP contribution < -0.4 is 0 Å². The molecule has 2 aromatic carbocycles. The average Bonchev–Trinajstić information content (AvgIpc) is 3.39. The Morgan fingerprint density at radius 3 is 2.29 bits per heavy atom. The minimum Gasteiger partial charge on any atom is -0.478 e. The van der Waals surface area contributed by atoms with E-state index in [1.807, 2.05) is 0 Å². The van der Waals surface area contributed by atoms with Crippen LogP contribution in [0.3, 0.4) is 0 Å². The highest BCUT2D eigenvalue weighted by atomic mass is 19.1. The second kappa shape index (κ2) is 6.83. The van der Waals surface area contributed by atoms with Gasteiger partial charge < -0.3 is 10.0 Å². The first kappa shape index (κ1) is 16.2. The fourth-order valence-corrected chi connectivity index (χ4v) is 2.76. The van der Waals surface area contributed by atoms with Crippen LogP contribution in [-0.2, 0) is 17.8 Å². The van der Waals surface area contributed by atoms with Gasteiger partial charge in [0, 0.05) is 18.2 Å². The van der Waals surface area contributed by atoms with Crippen molar-refractivity contribution in [1.29, 1.82) is 0 Å². The van der Waals surface area contributed by atoms with E-state index in [0.29, 0.717) is 11.1 Å². The molecule has 1 N–H and O–H groups in total. The molecular formula is C19H18FNO3. The Morgan fingerprint density at radius 2 is 1.67 bits per heavy atom. The summed E-state index contributed by atoms with van der Waals surface area (Å²) in [5.41, 5.74) is 1.09. The number of rotatable bonds is 6. The standard InChI is InChI=1S/C19H18FNO3/c20-17-8-4-2-6-14(17)12-21(15-9-10-15)18(22)11-13-5-1-3-7-16(13)19(23)24/h1-8,15H,9-12H2,(H,23,24). The van der Waals surface area contributed by atoms with Crippen LogP contribution in [0.4, 0.5) is 4.39 Å². The summed E-state index contributed by atoms with van der Waals surface area (Å²) >= 11 is 0. The maximum Gasteiger partial charge on any atom is 0.335 e. The lowest BCUT2D eigenvalue weighted by molar-refractivity contribution is -0.131. The summed E-state index contributed by atoms with van der Waals surface area (Å²) in [7, 11) is 0. The third kappa shape index (κ3) is 3.62. The molecule has 0 unspecified atom stereocenters. The topological polar surface area (TPSA) is 57.6 Å². The lowest BCUT2D eigenvalue weighted by Crippen LogP contribution is -2.34.